The van der Waals surface area contributed by atoms with E-state index in [1.807, 2.05) is 24.3 Å². The van der Waals surface area contributed by atoms with E-state index >= 15 is 0 Å². The van der Waals surface area contributed by atoms with Crippen molar-refractivity contribution in [1.29, 1.82) is 0 Å². The van der Waals surface area contributed by atoms with Crippen molar-refractivity contribution in [3.8, 4) is 5.75 Å². The summed E-state index contributed by atoms with van der Waals surface area (Å²) in [4.78, 5) is 28.7. The van der Waals surface area contributed by atoms with Gasteiger partial charge in [-0.15, -0.1) is 0 Å². The van der Waals surface area contributed by atoms with Gasteiger partial charge in [0, 0.05) is 6.54 Å². The van der Waals surface area contributed by atoms with Crippen molar-refractivity contribution < 1.29 is 23.5 Å². The molecule has 160 valence electrons. The van der Waals surface area contributed by atoms with E-state index in [1.54, 1.807) is 24.1 Å². The van der Waals surface area contributed by atoms with E-state index in [4.69, 9.17) is 9.47 Å². The summed E-state index contributed by atoms with van der Waals surface area (Å²) in [6.45, 7) is 0.250. The lowest BCUT2D eigenvalue weighted by Crippen LogP contribution is -2.39. The highest BCUT2D eigenvalue weighted by Gasteiger charge is 2.51. The molecule has 5 nitrogen and oxygen atoms in total. The minimum Gasteiger partial charge on any atom is -0.497 e. The van der Waals surface area contributed by atoms with Gasteiger partial charge in [0.25, 0.3) is 5.91 Å². The second kappa shape index (κ2) is 7.84. The fourth-order valence-electron chi connectivity index (χ4n) is 5.00. The highest BCUT2D eigenvalue weighted by molar-refractivity contribution is 6.11. The number of hydrogen-bond donors (Lipinski definition) is 0. The van der Waals surface area contributed by atoms with Crippen LogP contribution in [0.2, 0.25) is 0 Å². The Kier molecular flexibility index (Phi) is 5.00. The predicted molar refractivity (Wildman–Crippen MR) is 112 cm³/mol. The van der Waals surface area contributed by atoms with Crippen LogP contribution >= 0.6 is 0 Å². The number of nitrogens with zero attached hydrogens (tertiary/aromatic N) is 1. The summed E-state index contributed by atoms with van der Waals surface area (Å²) in [5, 5.41) is 0. The van der Waals surface area contributed by atoms with Crippen molar-refractivity contribution in [2.24, 2.45) is 5.92 Å². The highest BCUT2D eigenvalue weighted by atomic mass is 19.1. The molecule has 0 N–H and O–H groups in total. The van der Waals surface area contributed by atoms with Gasteiger partial charge < -0.3 is 14.4 Å². The quantitative estimate of drug-likeness (QED) is 0.737. The molecule has 6 heteroatoms. The van der Waals surface area contributed by atoms with Crippen LogP contribution in [0.4, 0.5) is 4.39 Å². The van der Waals surface area contributed by atoms with Crippen LogP contribution in [-0.2, 0) is 20.9 Å². The summed E-state index contributed by atoms with van der Waals surface area (Å²) in [5.74, 6) is 0.0433. The highest BCUT2D eigenvalue weighted by Crippen LogP contribution is 2.47. The summed E-state index contributed by atoms with van der Waals surface area (Å²) < 4.78 is 24.9. The molecule has 31 heavy (non-hydrogen) atoms. The van der Waals surface area contributed by atoms with Crippen molar-refractivity contribution in [3.63, 3.8) is 0 Å². The SMILES string of the molecule is COc1cccc(C2C3=C(OC4CCCCC4C3=O)C(=O)N2Cc2ccc(F)cc2)c1. The van der Waals surface area contributed by atoms with Crippen LogP contribution < -0.4 is 4.74 Å². The zero-order valence-electron chi connectivity index (χ0n) is 17.3. The number of methoxy groups -OCH3 is 1. The van der Waals surface area contributed by atoms with Gasteiger partial charge in [-0.2, -0.15) is 0 Å². The van der Waals surface area contributed by atoms with Crippen LogP contribution in [0, 0.1) is 11.7 Å². The fraction of sp³-hybridized carbons (Fsp3) is 0.360. The molecule has 0 saturated heterocycles. The molecule has 1 aliphatic carbocycles. The molecule has 2 aromatic carbocycles. The molecule has 3 unspecified atom stereocenters. The summed E-state index contributed by atoms with van der Waals surface area (Å²) in [6, 6.07) is 12.9. The van der Waals surface area contributed by atoms with Crippen LogP contribution in [-0.4, -0.2) is 29.8 Å². The Bertz CT molecular complexity index is 1060. The zero-order valence-corrected chi connectivity index (χ0v) is 17.3. The Morgan fingerprint density at radius 1 is 1.10 bits per heavy atom. The smallest absolute Gasteiger partial charge is 0.290 e. The number of benzene rings is 2. The predicted octanol–water partition coefficient (Wildman–Crippen LogP) is 4.33. The first-order valence-electron chi connectivity index (χ1n) is 10.7. The zero-order chi connectivity index (χ0) is 21.5. The van der Waals surface area contributed by atoms with Crippen molar-refractivity contribution in [1.82, 2.24) is 4.90 Å². The third-order valence-electron chi connectivity index (χ3n) is 6.53. The molecule has 1 amide bonds. The largest absolute Gasteiger partial charge is 0.497 e. The van der Waals surface area contributed by atoms with Crippen LogP contribution in [0.5, 0.6) is 5.75 Å². The minimum absolute atomic E-state index is 0.0220. The van der Waals surface area contributed by atoms with Crippen LogP contribution in [0.25, 0.3) is 0 Å². The first kappa shape index (κ1) is 19.8. The molecule has 0 radical (unpaired) electrons. The Labute approximate surface area is 180 Å². The number of halogens is 1. The van der Waals surface area contributed by atoms with Crippen molar-refractivity contribution in [2.45, 2.75) is 44.4 Å². The molecule has 1 fully saturated rings. The average molecular weight is 421 g/mol. The first-order chi connectivity index (χ1) is 15.1. The van der Waals surface area contributed by atoms with E-state index in [0.29, 0.717) is 11.3 Å². The minimum atomic E-state index is -0.557. The van der Waals surface area contributed by atoms with Crippen molar-refractivity contribution in [2.75, 3.05) is 7.11 Å². The maximum Gasteiger partial charge on any atom is 0.290 e. The van der Waals surface area contributed by atoms with E-state index in [9.17, 15) is 14.0 Å². The molecular weight excluding hydrogens is 397 g/mol. The Hall–Kier alpha value is -3.15. The van der Waals surface area contributed by atoms with E-state index in [2.05, 4.69) is 0 Å². The second-order valence-corrected chi connectivity index (χ2v) is 8.39. The van der Waals surface area contributed by atoms with E-state index in [0.717, 1.165) is 36.8 Å². The molecule has 1 saturated carbocycles. The lowest BCUT2D eigenvalue weighted by molar-refractivity contribution is -0.135. The molecule has 3 aliphatic rings. The molecule has 3 atom stereocenters. The fourth-order valence-corrected chi connectivity index (χ4v) is 5.00. The van der Waals surface area contributed by atoms with Gasteiger partial charge in [-0.25, -0.2) is 4.39 Å². The summed E-state index contributed by atoms with van der Waals surface area (Å²) in [5.41, 5.74) is 2.03. The molecule has 0 aromatic heterocycles. The lowest BCUT2D eigenvalue weighted by Gasteiger charge is -2.35. The number of rotatable bonds is 4. The number of carbonyl (C=O) groups is 2. The van der Waals surface area contributed by atoms with Gasteiger partial charge in [0.2, 0.25) is 0 Å². The van der Waals surface area contributed by atoms with Crippen LogP contribution in [0.15, 0.2) is 59.9 Å². The molecule has 0 spiro atoms. The Morgan fingerprint density at radius 3 is 2.65 bits per heavy atom. The third-order valence-corrected chi connectivity index (χ3v) is 6.53. The van der Waals surface area contributed by atoms with E-state index in [-0.39, 0.29) is 41.8 Å². The van der Waals surface area contributed by atoms with Gasteiger partial charge in [0.15, 0.2) is 11.5 Å². The monoisotopic (exact) mass is 421 g/mol. The number of Topliss-reactive ketones (excluding diaryl/α,β-unsaturated/α-hetero) is 1. The van der Waals surface area contributed by atoms with Crippen LogP contribution in [0.3, 0.4) is 0 Å². The van der Waals surface area contributed by atoms with Gasteiger partial charge in [0.1, 0.15) is 17.7 Å². The summed E-state index contributed by atoms with van der Waals surface area (Å²) in [6.07, 6.45) is 3.36. The van der Waals surface area contributed by atoms with Gasteiger partial charge in [0.05, 0.1) is 24.6 Å². The second-order valence-electron chi connectivity index (χ2n) is 8.39. The van der Waals surface area contributed by atoms with Crippen molar-refractivity contribution in [3.05, 3.63) is 76.8 Å². The number of ether oxygens (including phenoxy) is 2. The van der Waals surface area contributed by atoms with Crippen LogP contribution in [0.1, 0.15) is 42.9 Å². The molecular formula is C25H24FNO4. The maximum absolute atomic E-state index is 13.6. The van der Waals surface area contributed by atoms with Gasteiger partial charge >= 0.3 is 0 Å². The third kappa shape index (κ3) is 3.40. The molecule has 0 bridgehead atoms. The summed E-state index contributed by atoms with van der Waals surface area (Å²) >= 11 is 0. The molecule has 2 heterocycles. The summed E-state index contributed by atoms with van der Waals surface area (Å²) in [7, 11) is 1.58. The van der Waals surface area contributed by atoms with E-state index < -0.39 is 6.04 Å². The molecule has 2 aliphatic heterocycles. The Balaban J connectivity index is 1.58. The van der Waals surface area contributed by atoms with Gasteiger partial charge in [-0.05, 0) is 54.7 Å². The average Bonchev–Trinajstić information content (AvgIpc) is 3.07. The van der Waals surface area contributed by atoms with Gasteiger partial charge in [-0.3, -0.25) is 9.59 Å². The number of carbonyl (C=O) groups excluding carboxylic acids is 2. The first-order valence-corrected chi connectivity index (χ1v) is 10.7. The van der Waals surface area contributed by atoms with Gasteiger partial charge in [-0.1, -0.05) is 30.7 Å². The lowest BCUT2D eigenvalue weighted by atomic mass is 9.77. The van der Waals surface area contributed by atoms with E-state index in [1.165, 1.54) is 12.1 Å². The number of hydrogen-bond acceptors (Lipinski definition) is 4. The maximum atomic E-state index is 13.6. The standard InChI is InChI=1S/C25H24FNO4/c1-30-18-6-4-5-16(13-18)22-21-23(28)19-7-2-3-8-20(19)31-24(21)25(29)27(22)14-15-9-11-17(26)12-10-15/h4-6,9-13,19-20,22H,2-3,7-8,14H2,1H3. The number of ketones is 1. The van der Waals surface area contributed by atoms with Crippen molar-refractivity contribution >= 4 is 11.7 Å². The molecule has 5 rings (SSSR count). The normalized spacial score (nSPS) is 25.2. The number of fused-ring (bicyclic) bond motifs is 1. The topological polar surface area (TPSA) is 55.8 Å². The number of amides is 1. The molecule has 2 aromatic rings. The Morgan fingerprint density at radius 2 is 1.87 bits per heavy atom.